The summed E-state index contributed by atoms with van der Waals surface area (Å²) in [5.41, 5.74) is -0.226. The maximum atomic E-state index is 14.5. The van der Waals surface area contributed by atoms with E-state index in [-0.39, 0.29) is 119 Å². The number of ether oxygens (including phenoxy) is 2. The first kappa shape index (κ1) is 62.8. The van der Waals surface area contributed by atoms with Crippen LogP contribution in [-0.2, 0) is 26.6 Å². The van der Waals surface area contributed by atoms with Crippen molar-refractivity contribution in [1.82, 2.24) is 50.1 Å². The molecule has 488 valence electrons. The number of furan rings is 3. The van der Waals surface area contributed by atoms with E-state index in [1.165, 1.54) is 27.1 Å². The van der Waals surface area contributed by atoms with E-state index in [0.29, 0.717) is 87.1 Å². The average molecular weight is 1350 g/mol. The summed E-state index contributed by atoms with van der Waals surface area (Å²) in [7, 11) is 0. The van der Waals surface area contributed by atoms with Crippen molar-refractivity contribution in [2.45, 2.75) is 68.6 Å². The molecule has 0 spiro atoms. The second-order valence-electron chi connectivity index (χ2n) is 23.6. The lowest BCUT2D eigenvalue weighted by Gasteiger charge is -2.38. The summed E-state index contributed by atoms with van der Waals surface area (Å²) in [5.74, 6) is -3.01. The second kappa shape index (κ2) is 24.2. The summed E-state index contributed by atoms with van der Waals surface area (Å²) in [5, 5.41) is 12.2. The molecule has 9 aliphatic rings. The Bertz CT molecular complexity index is 4050. The summed E-state index contributed by atoms with van der Waals surface area (Å²) in [4.78, 5) is 91.1. The molecule has 0 bridgehead atoms. The van der Waals surface area contributed by atoms with Gasteiger partial charge in [-0.05, 0) is 109 Å². The number of carbonyl (C=O) groups excluding carboxylic acids is 7. The van der Waals surface area contributed by atoms with Crippen molar-refractivity contribution in [3.05, 3.63) is 115 Å². The van der Waals surface area contributed by atoms with Gasteiger partial charge >= 0.3 is 30.6 Å². The van der Waals surface area contributed by atoms with Crippen molar-refractivity contribution in [2.75, 3.05) is 105 Å². The number of amides is 8. The lowest BCUT2D eigenvalue weighted by Crippen LogP contribution is -2.58. The van der Waals surface area contributed by atoms with Gasteiger partial charge in [0, 0.05) is 80.8 Å². The Morgan fingerprint density at radius 2 is 0.870 bits per heavy atom. The van der Waals surface area contributed by atoms with Gasteiger partial charge in [-0.2, -0.15) is 26.3 Å². The topological polar surface area (TPSA) is 219 Å². The van der Waals surface area contributed by atoms with Crippen molar-refractivity contribution in [3.8, 4) is 0 Å². The summed E-state index contributed by atoms with van der Waals surface area (Å²) >= 11 is 19.1. The average Bonchev–Trinajstić information content (AvgIpc) is 1.65. The number of hydrazine groups is 3. The van der Waals surface area contributed by atoms with Gasteiger partial charge in [0.05, 0.1) is 47.4 Å². The zero-order chi connectivity index (χ0) is 65.0. The largest absolute Gasteiger partial charge is 0.449 e. The number of halogens is 10. The van der Waals surface area contributed by atoms with E-state index in [4.69, 9.17) is 57.5 Å². The van der Waals surface area contributed by atoms with Gasteiger partial charge in [0.2, 0.25) is 17.3 Å². The third kappa shape index (κ3) is 12.2. The molecule has 6 saturated heterocycles. The number of carbonyl (C=O) groups is 7. The normalized spacial score (nSPS) is 20.3. The molecule has 9 heterocycles. The van der Waals surface area contributed by atoms with Crippen LogP contribution in [0.4, 0.5) is 45.1 Å². The molecule has 0 atom stereocenters. The van der Waals surface area contributed by atoms with Crippen molar-refractivity contribution in [1.29, 1.82) is 0 Å². The predicted octanol–water partition coefficient (Wildman–Crippen LogP) is 11.1. The van der Waals surface area contributed by atoms with Crippen LogP contribution in [0.2, 0.25) is 15.1 Å². The van der Waals surface area contributed by atoms with Gasteiger partial charge in [0.15, 0.2) is 11.4 Å². The fourth-order valence-electron chi connectivity index (χ4n) is 12.1. The molecule has 3 aromatic heterocycles. The van der Waals surface area contributed by atoms with Gasteiger partial charge < -0.3 is 42.7 Å². The van der Waals surface area contributed by atoms with Crippen molar-refractivity contribution >= 4 is 110 Å². The monoisotopic (exact) mass is 1350 g/mol. The van der Waals surface area contributed by atoms with Crippen LogP contribution in [0.3, 0.4) is 0 Å². The number of alkyl halides is 6. The Morgan fingerprint density at radius 1 is 0.478 bits per heavy atom. The van der Waals surface area contributed by atoms with Crippen LogP contribution in [0.25, 0.3) is 32.9 Å². The van der Waals surface area contributed by atoms with Crippen LogP contribution in [0, 0.1) is 5.82 Å². The molecule has 9 fully saturated rings. The number of rotatable bonds is 9. The predicted molar refractivity (Wildman–Crippen MR) is 313 cm³/mol. The highest BCUT2D eigenvalue weighted by Crippen LogP contribution is 2.49. The minimum atomic E-state index is -4.68. The molecule has 32 heteroatoms. The van der Waals surface area contributed by atoms with Gasteiger partial charge in [0.25, 0.3) is 23.6 Å². The Labute approximate surface area is 532 Å². The number of nitrogens with one attached hydrogen (secondary N) is 1. The molecule has 0 radical (unpaired) electrons. The lowest BCUT2D eigenvalue weighted by molar-refractivity contribution is -0.148. The fraction of sp³-hybridized carbons (Fsp3) is 0.450. The maximum Gasteiger partial charge on any atom is 0.429 e. The Hall–Kier alpha value is -7.99. The van der Waals surface area contributed by atoms with E-state index in [0.717, 1.165) is 66.1 Å². The molecule has 15 rings (SSSR count). The van der Waals surface area contributed by atoms with Crippen molar-refractivity contribution in [2.24, 2.45) is 0 Å². The maximum absolute atomic E-state index is 14.5. The summed E-state index contributed by atoms with van der Waals surface area (Å²) in [6.45, 7) is 8.15. The van der Waals surface area contributed by atoms with Gasteiger partial charge in [-0.1, -0.05) is 41.4 Å². The molecule has 0 unspecified atom stereocenters. The molecule has 6 aromatic rings. The van der Waals surface area contributed by atoms with Crippen LogP contribution in [-0.4, -0.2) is 191 Å². The van der Waals surface area contributed by atoms with E-state index in [1.807, 2.05) is 11.1 Å². The van der Waals surface area contributed by atoms with E-state index in [2.05, 4.69) is 11.9 Å². The van der Waals surface area contributed by atoms with E-state index in [1.54, 1.807) is 21.0 Å². The van der Waals surface area contributed by atoms with Gasteiger partial charge in [-0.15, -0.1) is 0 Å². The van der Waals surface area contributed by atoms with Crippen molar-refractivity contribution in [3.63, 3.8) is 0 Å². The van der Waals surface area contributed by atoms with E-state index in [9.17, 15) is 64.3 Å². The van der Waals surface area contributed by atoms with Gasteiger partial charge in [0.1, 0.15) is 35.9 Å². The summed E-state index contributed by atoms with van der Waals surface area (Å²) in [6.07, 6.45) is -4.99. The fourth-order valence-corrected chi connectivity index (χ4v) is 12.9. The number of hydrogen-bond acceptors (Lipinski definition) is 14. The Kier molecular flexibility index (Phi) is 16.5. The highest BCUT2D eigenvalue weighted by Gasteiger charge is 2.44. The minimum Gasteiger partial charge on any atom is -0.449 e. The lowest BCUT2D eigenvalue weighted by atomic mass is 10.0. The molecule has 22 nitrogen and oxygen atoms in total. The SMILES string of the molecule is C=C1CN(N2CCN(C(=O)c3oc4c(C(F)(F)F)cc(C5CC5)cc4c3Cl)CC2)C(=O)N1.O=C(c1oc2c(C(F)(F)F)cc(C3CC3)cc2c1Cl)N1CCN(N2CCOC2=O)C(=O)C1.O=C(c1oc2c(F)cc(C3CC3)cc2c1Cl)N1CCN(N2CCOC2=O)CC1. The standard InChI is InChI=1S/C21H20ClF3N4O3.C20H17ClF3N3O5.C19H19ClFN3O4/c1-11-10-29(20(31)26-11)28-6-4-27(5-7-28)19(30)18-16(22)14-8-13(12-2-3-12)9-15(17(14)32-18)21(23,24)25;21-15-12-7-11(10-1-2-10)8-13(20(22,23)24)16(12)32-17(15)18(29)25-3-4-26(14(28)9-25)27-5-6-31-19(27)30;20-15-13-9-12(11-1-2-11)10-14(21)16(13)28-17(15)18(25)22-3-5-23(6-4-22)24-7-8-27-19(24)26/h8-9,12H,1-7,10H2,(H,26,31);7-8,10H,1-6,9H2;9-11H,1-8H2. The Morgan fingerprint density at radius 3 is 1.26 bits per heavy atom. The number of hydrogen-bond donors (Lipinski definition) is 1. The van der Waals surface area contributed by atoms with Gasteiger partial charge in [-0.3, -0.25) is 24.2 Å². The molecule has 3 aliphatic carbocycles. The molecule has 92 heavy (non-hydrogen) atoms. The molecule has 8 amide bonds. The van der Waals surface area contributed by atoms with Gasteiger partial charge in [-0.25, -0.2) is 43.8 Å². The van der Waals surface area contributed by atoms with E-state index < -0.39 is 70.0 Å². The number of fused-ring (bicyclic) bond motifs is 3. The molecular weight excluding hydrogens is 1290 g/mol. The Balaban J connectivity index is 0.000000126. The minimum absolute atomic E-state index is 0.0243. The zero-order valence-corrected chi connectivity index (χ0v) is 50.9. The number of nitrogens with zero attached hydrogens (tertiary/aromatic N) is 9. The molecular formula is C60H56Cl3F7N10O12. The van der Waals surface area contributed by atoms with Crippen LogP contribution in [0.15, 0.2) is 61.9 Å². The van der Waals surface area contributed by atoms with Crippen LogP contribution < -0.4 is 5.32 Å². The summed E-state index contributed by atoms with van der Waals surface area (Å²) < 4.78 is 123. The first-order valence-corrected chi connectivity index (χ1v) is 30.8. The molecule has 3 aromatic carbocycles. The smallest absolute Gasteiger partial charge is 0.429 e. The number of urea groups is 1. The first-order chi connectivity index (χ1) is 43.8. The first-order valence-electron chi connectivity index (χ1n) is 29.7. The summed E-state index contributed by atoms with van der Waals surface area (Å²) in [6, 6.07) is 8.31. The molecule has 3 saturated carbocycles. The number of piperazine rings is 3. The number of cyclic esters (lactones) is 2. The zero-order valence-electron chi connectivity index (χ0n) is 48.7. The van der Waals surface area contributed by atoms with Crippen LogP contribution in [0.5, 0.6) is 0 Å². The van der Waals surface area contributed by atoms with Crippen molar-refractivity contribution < 1.29 is 87.0 Å². The third-order valence-electron chi connectivity index (χ3n) is 17.4. The number of benzene rings is 3. The molecule has 1 N–H and O–H groups in total. The highest BCUT2D eigenvalue weighted by molar-refractivity contribution is 6.39. The quantitative estimate of drug-likeness (QED) is 0.133. The van der Waals surface area contributed by atoms with Crippen LogP contribution in [0.1, 0.15) is 116 Å². The molecule has 6 aliphatic heterocycles. The highest BCUT2D eigenvalue weighted by atomic mass is 35.5. The van der Waals surface area contributed by atoms with E-state index >= 15 is 0 Å². The second-order valence-corrected chi connectivity index (χ2v) is 24.8. The van der Waals surface area contributed by atoms with Crippen LogP contribution >= 0.6 is 34.8 Å². The third-order valence-corrected chi connectivity index (χ3v) is 18.6.